The van der Waals surface area contributed by atoms with Crippen molar-refractivity contribution in [1.29, 1.82) is 0 Å². The van der Waals surface area contributed by atoms with Gasteiger partial charge in [0.25, 0.3) is 11.8 Å². The van der Waals surface area contributed by atoms with Crippen LogP contribution in [0.1, 0.15) is 17.3 Å². The maximum absolute atomic E-state index is 13.3. The van der Waals surface area contributed by atoms with Gasteiger partial charge < -0.3 is 10.1 Å². The summed E-state index contributed by atoms with van der Waals surface area (Å²) in [4.78, 5) is 28.0. The van der Waals surface area contributed by atoms with E-state index in [0.717, 1.165) is 11.3 Å². The first-order valence-corrected chi connectivity index (χ1v) is 9.39. The molecule has 0 radical (unpaired) electrons. The van der Waals surface area contributed by atoms with Gasteiger partial charge in [-0.05, 0) is 48.9 Å². The van der Waals surface area contributed by atoms with Crippen molar-refractivity contribution in [2.45, 2.75) is 19.5 Å². The molecule has 3 aromatic rings. The van der Waals surface area contributed by atoms with Crippen molar-refractivity contribution in [3.05, 3.63) is 84.2 Å². The third kappa shape index (κ3) is 3.69. The first kappa shape index (κ1) is 18.7. The summed E-state index contributed by atoms with van der Waals surface area (Å²) in [6.45, 7) is 2.16. The summed E-state index contributed by atoms with van der Waals surface area (Å²) in [6, 6.07) is 19.6. The Labute approximate surface area is 169 Å². The number of rotatable bonds is 4. The minimum Gasteiger partial charge on any atom is -0.497 e. The van der Waals surface area contributed by atoms with Gasteiger partial charge in [-0.3, -0.25) is 14.5 Å². The molecule has 2 aromatic carbocycles. The first-order valence-electron chi connectivity index (χ1n) is 9.39. The predicted octanol–water partition coefficient (Wildman–Crippen LogP) is 3.02. The van der Waals surface area contributed by atoms with Gasteiger partial charge in [-0.25, -0.2) is 0 Å². The normalized spacial score (nSPS) is 15.6. The van der Waals surface area contributed by atoms with Crippen LogP contribution in [-0.4, -0.2) is 18.9 Å². The Morgan fingerprint density at radius 2 is 1.90 bits per heavy atom. The molecule has 0 aliphatic carbocycles. The standard InChI is InChI=1S/C23H21N3O3/c1-16-6-5-7-18(14-16)26-21(27)15-25-13-4-3-8-20(25)22(26)23(28)24-17-9-11-19(29-2)12-10-17/h3-14,22H,15H2,1-2H3/p+1/t22-/m0/s1. The fraction of sp³-hybridized carbons (Fsp3) is 0.174. The number of ether oxygens (including phenoxy) is 1. The number of methoxy groups -OCH3 is 1. The third-order valence-electron chi connectivity index (χ3n) is 4.97. The lowest BCUT2D eigenvalue weighted by Crippen LogP contribution is -2.58. The number of nitrogens with one attached hydrogen (secondary N) is 1. The van der Waals surface area contributed by atoms with Crippen molar-refractivity contribution < 1.29 is 18.9 Å². The van der Waals surface area contributed by atoms with E-state index in [1.54, 1.807) is 36.3 Å². The van der Waals surface area contributed by atoms with Crippen molar-refractivity contribution in [3.8, 4) is 5.75 Å². The summed E-state index contributed by atoms with van der Waals surface area (Å²) in [6.07, 6.45) is 1.83. The molecule has 0 unspecified atom stereocenters. The average molecular weight is 388 g/mol. The second-order valence-corrected chi connectivity index (χ2v) is 6.98. The van der Waals surface area contributed by atoms with E-state index in [-0.39, 0.29) is 18.4 Å². The summed E-state index contributed by atoms with van der Waals surface area (Å²) < 4.78 is 6.99. The number of anilines is 2. The molecular weight excluding hydrogens is 366 g/mol. The highest BCUT2D eigenvalue weighted by atomic mass is 16.5. The molecule has 1 aromatic heterocycles. The molecular formula is C23H22N3O3+. The van der Waals surface area contributed by atoms with Crippen molar-refractivity contribution in [1.82, 2.24) is 0 Å². The van der Waals surface area contributed by atoms with Gasteiger partial charge in [-0.1, -0.05) is 18.2 Å². The van der Waals surface area contributed by atoms with Crippen molar-refractivity contribution in [3.63, 3.8) is 0 Å². The van der Waals surface area contributed by atoms with E-state index >= 15 is 0 Å². The largest absolute Gasteiger partial charge is 0.497 e. The highest BCUT2D eigenvalue weighted by molar-refractivity contribution is 6.05. The second-order valence-electron chi connectivity index (χ2n) is 6.98. The molecule has 1 aliphatic heterocycles. The second kappa shape index (κ2) is 7.75. The Hall–Kier alpha value is -3.67. The lowest BCUT2D eigenvalue weighted by molar-refractivity contribution is -0.695. The smallest absolute Gasteiger partial charge is 0.294 e. The Bertz CT molecular complexity index is 1060. The molecule has 146 valence electrons. The van der Waals surface area contributed by atoms with Crippen LogP contribution < -0.4 is 19.5 Å². The van der Waals surface area contributed by atoms with Crippen LogP contribution in [-0.2, 0) is 16.1 Å². The third-order valence-corrected chi connectivity index (χ3v) is 4.97. The molecule has 6 heteroatoms. The van der Waals surface area contributed by atoms with Crippen LogP contribution in [0.2, 0.25) is 0 Å². The highest BCUT2D eigenvalue weighted by Gasteiger charge is 2.43. The number of aromatic nitrogens is 1. The SMILES string of the molecule is COc1ccc(NC(=O)[C@@H]2c3cccc[n+]3CC(=O)N2c2cccc(C)c2)cc1. The van der Waals surface area contributed by atoms with Gasteiger partial charge in [0.05, 0.1) is 7.11 Å². The monoisotopic (exact) mass is 388 g/mol. The van der Waals surface area contributed by atoms with Gasteiger partial charge in [0.1, 0.15) is 5.75 Å². The molecule has 0 fully saturated rings. The number of nitrogens with zero attached hydrogens (tertiary/aromatic N) is 2. The van der Waals surface area contributed by atoms with E-state index in [4.69, 9.17) is 4.74 Å². The van der Waals surface area contributed by atoms with Gasteiger partial charge in [0, 0.05) is 23.5 Å². The van der Waals surface area contributed by atoms with Crippen LogP contribution in [0.4, 0.5) is 11.4 Å². The summed E-state index contributed by atoms with van der Waals surface area (Å²) in [5.41, 5.74) is 3.14. The number of hydrogen-bond acceptors (Lipinski definition) is 3. The Morgan fingerprint density at radius 1 is 1.10 bits per heavy atom. The first-order chi connectivity index (χ1) is 14.1. The molecule has 2 heterocycles. The summed E-state index contributed by atoms with van der Waals surface area (Å²) >= 11 is 0. The van der Waals surface area contributed by atoms with Crippen LogP contribution in [0.5, 0.6) is 5.75 Å². The molecule has 0 bridgehead atoms. The Balaban J connectivity index is 1.74. The zero-order valence-electron chi connectivity index (χ0n) is 16.3. The number of fused-ring (bicyclic) bond motifs is 1. The maximum atomic E-state index is 13.3. The summed E-state index contributed by atoms with van der Waals surface area (Å²) in [7, 11) is 1.59. The lowest BCUT2D eigenvalue weighted by Gasteiger charge is -2.32. The molecule has 2 amide bonds. The maximum Gasteiger partial charge on any atom is 0.294 e. The Morgan fingerprint density at radius 3 is 2.62 bits per heavy atom. The molecule has 0 saturated heterocycles. The topological polar surface area (TPSA) is 62.5 Å². The summed E-state index contributed by atoms with van der Waals surface area (Å²) in [5, 5.41) is 2.94. The quantitative estimate of drug-likeness (QED) is 0.699. The Kier molecular flexibility index (Phi) is 4.99. The molecule has 4 rings (SSSR count). The molecule has 1 N–H and O–H groups in total. The van der Waals surface area contributed by atoms with E-state index < -0.39 is 6.04 Å². The average Bonchev–Trinajstić information content (AvgIpc) is 2.73. The van der Waals surface area contributed by atoms with Crippen molar-refractivity contribution in [2.24, 2.45) is 0 Å². The minimum absolute atomic E-state index is 0.130. The zero-order chi connectivity index (χ0) is 20.4. The van der Waals surface area contributed by atoms with Gasteiger partial charge in [-0.2, -0.15) is 4.57 Å². The van der Waals surface area contributed by atoms with Crippen molar-refractivity contribution >= 4 is 23.2 Å². The van der Waals surface area contributed by atoms with Gasteiger partial charge in [-0.15, -0.1) is 0 Å². The van der Waals surface area contributed by atoms with E-state index in [0.29, 0.717) is 17.1 Å². The predicted molar refractivity (Wildman–Crippen MR) is 110 cm³/mol. The molecule has 1 atom stereocenters. The zero-order valence-corrected chi connectivity index (χ0v) is 16.3. The number of amides is 2. The van der Waals surface area contributed by atoms with Gasteiger partial charge in [0.15, 0.2) is 6.20 Å². The lowest BCUT2D eigenvalue weighted by atomic mass is 10.0. The fourth-order valence-electron chi connectivity index (χ4n) is 3.59. The number of hydrogen-bond donors (Lipinski definition) is 1. The number of benzene rings is 2. The van der Waals surface area contributed by atoms with Gasteiger partial charge in [0.2, 0.25) is 18.3 Å². The molecule has 6 nitrogen and oxygen atoms in total. The van der Waals surface area contributed by atoms with E-state index in [1.807, 2.05) is 60.2 Å². The molecule has 0 saturated carbocycles. The highest BCUT2D eigenvalue weighted by Crippen LogP contribution is 2.30. The number of carbonyl (C=O) groups is 2. The van der Waals surface area contributed by atoms with Crippen molar-refractivity contribution in [2.75, 3.05) is 17.3 Å². The van der Waals surface area contributed by atoms with E-state index in [9.17, 15) is 9.59 Å². The molecule has 29 heavy (non-hydrogen) atoms. The van der Waals surface area contributed by atoms with Crippen LogP contribution in [0, 0.1) is 6.92 Å². The molecule has 0 spiro atoms. The molecule has 1 aliphatic rings. The van der Waals surface area contributed by atoms with Gasteiger partial charge >= 0.3 is 0 Å². The van der Waals surface area contributed by atoms with E-state index in [1.165, 1.54) is 0 Å². The fourth-order valence-corrected chi connectivity index (χ4v) is 3.59. The van der Waals surface area contributed by atoms with Crippen LogP contribution in [0.15, 0.2) is 72.9 Å². The number of carbonyl (C=O) groups excluding carboxylic acids is 2. The summed E-state index contributed by atoms with van der Waals surface area (Å²) in [5.74, 6) is 0.303. The van der Waals surface area contributed by atoms with Crippen LogP contribution in [0.3, 0.4) is 0 Å². The number of pyridine rings is 1. The van der Waals surface area contributed by atoms with Crippen LogP contribution >= 0.6 is 0 Å². The van der Waals surface area contributed by atoms with E-state index in [2.05, 4.69) is 5.32 Å². The van der Waals surface area contributed by atoms with Crippen LogP contribution in [0.25, 0.3) is 0 Å². The minimum atomic E-state index is -0.777. The number of aryl methyl sites for hydroxylation is 1.